The predicted molar refractivity (Wildman–Crippen MR) is 93.1 cm³/mol. The van der Waals surface area contributed by atoms with Crippen LogP contribution in [-0.4, -0.2) is 13.4 Å². The lowest BCUT2D eigenvalue weighted by molar-refractivity contribution is 0.112. The second-order valence-corrected chi connectivity index (χ2v) is 6.23. The fourth-order valence-corrected chi connectivity index (χ4v) is 2.50. The first-order valence-corrected chi connectivity index (χ1v) is 7.91. The van der Waals surface area contributed by atoms with Gasteiger partial charge in [-0.3, -0.25) is 4.79 Å². The lowest BCUT2D eigenvalue weighted by Gasteiger charge is -2.20. The van der Waals surface area contributed by atoms with Crippen LogP contribution in [0.4, 0.5) is 0 Å². The zero-order chi connectivity index (χ0) is 17.0. The molecule has 2 aromatic rings. The highest BCUT2D eigenvalue weighted by Gasteiger charge is 2.18. The molecule has 0 heterocycles. The van der Waals surface area contributed by atoms with Crippen LogP contribution in [0.15, 0.2) is 36.4 Å². The Morgan fingerprint density at radius 2 is 1.35 bits per heavy atom. The molecule has 0 N–H and O–H groups in total. The molecule has 0 saturated heterocycles. The van der Waals surface area contributed by atoms with E-state index in [0.29, 0.717) is 5.56 Å². The van der Waals surface area contributed by atoms with Crippen LogP contribution in [0.5, 0.6) is 17.2 Å². The van der Waals surface area contributed by atoms with Gasteiger partial charge in [-0.2, -0.15) is 0 Å². The molecule has 2 rings (SSSR count). The molecule has 2 aromatic carbocycles. The van der Waals surface area contributed by atoms with Crippen LogP contribution in [0.25, 0.3) is 0 Å². The van der Waals surface area contributed by atoms with Crippen molar-refractivity contribution in [2.75, 3.05) is 7.11 Å². The van der Waals surface area contributed by atoms with Gasteiger partial charge in [-0.15, -0.1) is 0 Å². The largest absolute Gasteiger partial charge is 0.497 e. The molecule has 0 aliphatic rings. The molecule has 3 nitrogen and oxygen atoms in total. The van der Waals surface area contributed by atoms with E-state index in [-0.39, 0.29) is 11.8 Å². The first-order valence-electron chi connectivity index (χ1n) is 7.91. The van der Waals surface area contributed by atoms with Crippen LogP contribution in [0.3, 0.4) is 0 Å². The maximum atomic E-state index is 11.2. The number of benzene rings is 2. The summed E-state index contributed by atoms with van der Waals surface area (Å²) < 4.78 is 11.4. The molecule has 0 aliphatic carbocycles. The van der Waals surface area contributed by atoms with Gasteiger partial charge in [-0.25, -0.2) is 0 Å². The van der Waals surface area contributed by atoms with Gasteiger partial charge >= 0.3 is 0 Å². The maximum Gasteiger partial charge on any atom is 0.150 e. The van der Waals surface area contributed by atoms with Crippen molar-refractivity contribution in [2.45, 2.75) is 39.5 Å². The van der Waals surface area contributed by atoms with E-state index in [0.717, 1.165) is 34.7 Å². The van der Waals surface area contributed by atoms with Gasteiger partial charge in [0.2, 0.25) is 0 Å². The smallest absolute Gasteiger partial charge is 0.150 e. The quantitative estimate of drug-likeness (QED) is 0.656. The van der Waals surface area contributed by atoms with Crippen molar-refractivity contribution in [1.29, 1.82) is 0 Å². The molecule has 0 fully saturated rings. The summed E-state index contributed by atoms with van der Waals surface area (Å²) in [7, 11) is 1.64. The number of carbonyl (C=O) groups excluding carboxylic acids is 1. The molecule has 0 atom stereocenters. The molecule has 3 heteroatoms. The Balaban J connectivity index is 2.51. The third kappa shape index (κ3) is 3.92. The minimum Gasteiger partial charge on any atom is -0.497 e. The van der Waals surface area contributed by atoms with Crippen molar-refractivity contribution in [3.63, 3.8) is 0 Å². The van der Waals surface area contributed by atoms with Crippen LogP contribution < -0.4 is 9.47 Å². The third-order valence-corrected chi connectivity index (χ3v) is 3.83. The fraction of sp³-hybridized carbons (Fsp3) is 0.350. The summed E-state index contributed by atoms with van der Waals surface area (Å²) in [6.07, 6.45) is 0.898. The summed E-state index contributed by atoms with van der Waals surface area (Å²) in [4.78, 5) is 11.2. The second kappa shape index (κ2) is 7.32. The minimum absolute atomic E-state index is 0.264. The summed E-state index contributed by atoms with van der Waals surface area (Å²) in [6.45, 7) is 8.42. The summed E-state index contributed by atoms with van der Waals surface area (Å²) >= 11 is 0. The molecule has 0 aromatic heterocycles. The number of rotatable bonds is 6. The van der Waals surface area contributed by atoms with Gasteiger partial charge < -0.3 is 9.47 Å². The zero-order valence-electron chi connectivity index (χ0n) is 14.4. The molecule has 0 unspecified atom stereocenters. The normalized spacial score (nSPS) is 10.9. The van der Waals surface area contributed by atoms with Crippen LogP contribution in [0.1, 0.15) is 61.0 Å². The molecule has 122 valence electrons. The van der Waals surface area contributed by atoms with Gasteiger partial charge in [0.05, 0.1) is 7.11 Å². The molecule has 0 spiro atoms. The van der Waals surface area contributed by atoms with Crippen molar-refractivity contribution in [3.8, 4) is 17.2 Å². The number of ether oxygens (including phenoxy) is 2. The highest BCUT2D eigenvalue weighted by molar-refractivity contribution is 5.77. The SMILES string of the molecule is COc1ccc(Oc2c(C(C)C)cc(C=O)cc2C(C)C)cc1. The summed E-state index contributed by atoms with van der Waals surface area (Å²) in [5.41, 5.74) is 2.79. The number of methoxy groups -OCH3 is 1. The highest BCUT2D eigenvalue weighted by Crippen LogP contribution is 2.38. The van der Waals surface area contributed by atoms with Crippen LogP contribution >= 0.6 is 0 Å². The molecule has 0 aliphatic heterocycles. The second-order valence-electron chi connectivity index (χ2n) is 6.23. The van der Waals surface area contributed by atoms with E-state index < -0.39 is 0 Å². The Bertz CT molecular complexity index is 641. The zero-order valence-corrected chi connectivity index (χ0v) is 14.4. The number of aldehydes is 1. The maximum absolute atomic E-state index is 11.2. The third-order valence-electron chi connectivity index (χ3n) is 3.83. The number of carbonyl (C=O) groups is 1. The Kier molecular flexibility index (Phi) is 5.43. The predicted octanol–water partition coefficient (Wildman–Crippen LogP) is 5.55. The van der Waals surface area contributed by atoms with E-state index in [9.17, 15) is 4.79 Å². The van der Waals surface area contributed by atoms with Crippen LogP contribution in [0, 0.1) is 0 Å². The molecule has 23 heavy (non-hydrogen) atoms. The molecule has 0 bridgehead atoms. The average molecular weight is 312 g/mol. The molecule has 0 radical (unpaired) electrons. The Morgan fingerprint density at radius 1 is 0.870 bits per heavy atom. The van der Waals surface area contributed by atoms with E-state index in [1.165, 1.54) is 0 Å². The summed E-state index contributed by atoms with van der Waals surface area (Å²) in [5.74, 6) is 2.93. The highest BCUT2D eigenvalue weighted by atomic mass is 16.5. The fourth-order valence-electron chi connectivity index (χ4n) is 2.50. The lowest BCUT2D eigenvalue weighted by Crippen LogP contribution is -2.02. The molecule has 0 saturated carbocycles. The van der Waals surface area contributed by atoms with Gasteiger partial charge in [0.25, 0.3) is 0 Å². The average Bonchev–Trinajstić information content (AvgIpc) is 2.55. The Hall–Kier alpha value is -2.29. The first kappa shape index (κ1) is 17.1. The lowest BCUT2D eigenvalue weighted by atomic mass is 9.91. The van der Waals surface area contributed by atoms with Crippen LogP contribution in [-0.2, 0) is 0 Å². The Labute approximate surface area is 138 Å². The van der Waals surface area contributed by atoms with Crippen LogP contribution in [0.2, 0.25) is 0 Å². The van der Waals surface area contributed by atoms with Gasteiger partial charge in [0.1, 0.15) is 23.5 Å². The molecular formula is C20H24O3. The first-order chi connectivity index (χ1) is 11.0. The number of hydrogen-bond acceptors (Lipinski definition) is 3. The van der Waals surface area contributed by atoms with Crippen molar-refractivity contribution in [1.82, 2.24) is 0 Å². The number of hydrogen-bond donors (Lipinski definition) is 0. The van der Waals surface area contributed by atoms with E-state index in [4.69, 9.17) is 9.47 Å². The standard InChI is InChI=1S/C20H24O3/c1-13(2)18-10-15(12-21)11-19(14(3)4)20(18)23-17-8-6-16(22-5)7-9-17/h6-14H,1-5H3. The minimum atomic E-state index is 0.264. The monoisotopic (exact) mass is 312 g/mol. The molecule has 0 amide bonds. The van der Waals surface area contributed by atoms with Crippen molar-refractivity contribution in [3.05, 3.63) is 53.1 Å². The van der Waals surface area contributed by atoms with E-state index in [1.807, 2.05) is 36.4 Å². The van der Waals surface area contributed by atoms with Gasteiger partial charge in [-0.1, -0.05) is 27.7 Å². The van der Waals surface area contributed by atoms with E-state index >= 15 is 0 Å². The van der Waals surface area contributed by atoms with Gasteiger partial charge in [0.15, 0.2) is 0 Å². The van der Waals surface area contributed by atoms with Crippen molar-refractivity contribution in [2.24, 2.45) is 0 Å². The van der Waals surface area contributed by atoms with Crippen molar-refractivity contribution >= 4 is 6.29 Å². The van der Waals surface area contributed by atoms with Gasteiger partial charge in [0, 0.05) is 5.56 Å². The molecular weight excluding hydrogens is 288 g/mol. The summed E-state index contributed by atoms with van der Waals surface area (Å²) in [5, 5.41) is 0. The van der Waals surface area contributed by atoms with Gasteiger partial charge in [-0.05, 0) is 59.4 Å². The van der Waals surface area contributed by atoms with E-state index in [2.05, 4.69) is 27.7 Å². The topological polar surface area (TPSA) is 35.5 Å². The Morgan fingerprint density at radius 3 is 1.74 bits per heavy atom. The van der Waals surface area contributed by atoms with E-state index in [1.54, 1.807) is 7.11 Å². The summed E-state index contributed by atoms with van der Waals surface area (Å²) in [6, 6.07) is 11.4. The van der Waals surface area contributed by atoms with Crippen molar-refractivity contribution < 1.29 is 14.3 Å².